The Morgan fingerprint density at radius 2 is 1.88 bits per heavy atom. The molecule has 0 amide bonds. The Hall–Kier alpha value is -2.70. The van der Waals surface area contributed by atoms with Crippen molar-refractivity contribution in [2.24, 2.45) is 0 Å². The van der Waals surface area contributed by atoms with Gasteiger partial charge in [-0.25, -0.2) is 0 Å². The van der Waals surface area contributed by atoms with Crippen LogP contribution in [0.2, 0.25) is 0 Å². The average molecular weight is 344 g/mol. The Morgan fingerprint density at radius 1 is 1.12 bits per heavy atom. The second-order valence-electron chi connectivity index (χ2n) is 5.27. The zero-order valence-corrected chi connectivity index (χ0v) is 13.9. The van der Waals surface area contributed by atoms with Crippen LogP contribution >= 0.6 is 0 Å². The molecule has 0 heterocycles. The molecular weight excluding hydrogens is 324 g/mol. The fourth-order valence-corrected chi connectivity index (χ4v) is 2.31. The van der Waals surface area contributed by atoms with Crippen molar-refractivity contribution in [3.63, 3.8) is 0 Å². The van der Waals surface area contributed by atoms with Crippen molar-refractivity contribution < 1.29 is 28.9 Å². The summed E-state index contributed by atoms with van der Waals surface area (Å²) in [6.07, 6.45) is 0.693. The Labute approximate surface area is 146 Å². The molecule has 6 nitrogen and oxygen atoms in total. The number of hydrogen-bond acceptors (Lipinski definition) is 5. The topological polar surface area (TPSA) is 82.1 Å². The smallest absolute Gasteiger partial charge is 0.307 e. The molecule has 2 aromatic carbocycles. The lowest BCUT2D eigenvalue weighted by molar-refractivity contribution is -0.136. The van der Waals surface area contributed by atoms with Gasteiger partial charge in [-0.15, -0.1) is 0 Å². The molecule has 0 bridgehead atoms. The zero-order chi connectivity index (χ0) is 18.1. The number of rotatable bonds is 10. The normalized spacial score (nSPS) is 10.4. The van der Waals surface area contributed by atoms with Gasteiger partial charge in [0.15, 0.2) is 13.1 Å². The molecule has 25 heavy (non-hydrogen) atoms. The van der Waals surface area contributed by atoms with Gasteiger partial charge in [-0.05, 0) is 17.2 Å². The average Bonchev–Trinajstić information content (AvgIpc) is 2.61. The van der Waals surface area contributed by atoms with Crippen LogP contribution in [0.25, 0.3) is 11.1 Å². The van der Waals surface area contributed by atoms with E-state index < -0.39 is 5.97 Å². The van der Waals surface area contributed by atoms with Crippen molar-refractivity contribution in [3.05, 3.63) is 53.6 Å². The molecule has 2 rings (SSSR count). The molecule has 0 aliphatic rings. The molecule has 6 heteroatoms. The Morgan fingerprint density at radius 3 is 2.52 bits per heavy atom. The Bertz CT molecular complexity index is 708. The van der Waals surface area contributed by atoms with Crippen LogP contribution < -0.4 is 4.74 Å². The fourth-order valence-electron chi connectivity index (χ4n) is 2.31. The molecule has 2 aromatic rings. The van der Waals surface area contributed by atoms with E-state index >= 15 is 0 Å². The van der Waals surface area contributed by atoms with Crippen LogP contribution in [0.15, 0.2) is 42.5 Å². The number of ether oxygens (including phenoxy) is 3. The number of aliphatic carboxylic acids is 1. The van der Waals surface area contributed by atoms with E-state index in [4.69, 9.17) is 19.3 Å². The van der Waals surface area contributed by atoms with Crippen molar-refractivity contribution in [1.29, 1.82) is 0 Å². The number of carboxylic acid groups (broad SMARTS) is 1. The van der Waals surface area contributed by atoms with E-state index in [0.717, 1.165) is 17.4 Å². The summed E-state index contributed by atoms with van der Waals surface area (Å²) >= 11 is 0. The maximum atomic E-state index is 11.3. The quantitative estimate of drug-likeness (QED) is 0.405. The summed E-state index contributed by atoms with van der Waals surface area (Å²) in [5.41, 5.74) is 2.68. The molecule has 0 spiro atoms. The maximum Gasteiger partial charge on any atom is 0.307 e. The number of carbonyl (C=O) groups is 2. The highest BCUT2D eigenvalue weighted by molar-refractivity contribution is 5.86. The standard InChI is InChI=1S/C19H20O6/c1-23-9-10-24-13-25-19-16(12-20)3-2-4-17(19)15-7-5-14(6-8-15)11-18(21)22/h2-8,12H,9-11,13H2,1H3,(H,21,22). The highest BCUT2D eigenvalue weighted by Gasteiger charge is 2.12. The van der Waals surface area contributed by atoms with Gasteiger partial charge in [-0.1, -0.05) is 36.4 Å². The van der Waals surface area contributed by atoms with Crippen molar-refractivity contribution in [3.8, 4) is 16.9 Å². The predicted octanol–water partition coefficient (Wildman–Crippen LogP) is 2.79. The molecular formula is C19H20O6. The molecule has 0 aliphatic carbocycles. The van der Waals surface area contributed by atoms with E-state index in [2.05, 4.69) is 0 Å². The predicted molar refractivity (Wildman–Crippen MR) is 91.9 cm³/mol. The second kappa shape index (κ2) is 9.56. The lowest BCUT2D eigenvalue weighted by Gasteiger charge is -2.14. The Balaban J connectivity index is 2.21. The summed E-state index contributed by atoms with van der Waals surface area (Å²) in [7, 11) is 1.58. The van der Waals surface area contributed by atoms with Crippen molar-refractivity contribution >= 4 is 12.3 Å². The third-order valence-electron chi connectivity index (χ3n) is 3.51. The zero-order valence-electron chi connectivity index (χ0n) is 13.9. The highest BCUT2D eigenvalue weighted by atomic mass is 16.7. The lowest BCUT2D eigenvalue weighted by atomic mass is 10.00. The van der Waals surface area contributed by atoms with Gasteiger partial charge in [0.2, 0.25) is 0 Å². The molecule has 132 valence electrons. The minimum Gasteiger partial charge on any atom is -0.481 e. The molecule has 0 atom stereocenters. The van der Waals surface area contributed by atoms with Gasteiger partial charge in [0.05, 0.1) is 25.2 Å². The van der Waals surface area contributed by atoms with Crippen LogP contribution in [0.4, 0.5) is 0 Å². The second-order valence-corrected chi connectivity index (χ2v) is 5.27. The van der Waals surface area contributed by atoms with E-state index in [1.54, 1.807) is 43.5 Å². The number of benzene rings is 2. The van der Waals surface area contributed by atoms with Gasteiger partial charge < -0.3 is 19.3 Å². The van der Waals surface area contributed by atoms with Crippen LogP contribution in [0, 0.1) is 0 Å². The molecule has 0 saturated carbocycles. The third-order valence-corrected chi connectivity index (χ3v) is 3.51. The van der Waals surface area contributed by atoms with E-state index in [1.165, 1.54) is 0 Å². The number of methoxy groups -OCH3 is 1. The summed E-state index contributed by atoms with van der Waals surface area (Å²) in [5, 5.41) is 8.84. The minimum atomic E-state index is -0.882. The van der Waals surface area contributed by atoms with Crippen LogP contribution in [-0.2, 0) is 20.7 Å². The van der Waals surface area contributed by atoms with E-state index in [1.807, 2.05) is 6.07 Å². The van der Waals surface area contributed by atoms with Crippen LogP contribution in [-0.4, -0.2) is 44.5 Å². The maximum absolute atomic E-state index is 11.3. The lowest BCUT2D eigenvalue weighted by Crippen LogP contribution is -2.09. The van der Waals surface area contributed by atoms with E-state index in [0.29, 0.717) is 30.1 Å². The number of para-hydroxylation sites is 1. The van der Waals surface area contributed by atoms with Gasteiger partial charge in [0, 0.05) is 12.7 Å². The molecule has 0 saturated heterocycles. The van der Waals surface area contributed by atoms with E-state index in [-0.39, 0.29) is 13.2 Å². The van der Waals surface area contributed by atoms with Gasteiger partial charge in [0.25, 0.3) is 0 Å². The fraction of sp³-hybridized carbons (Fsp3) is 0.263. The minimum absolute atomic E-state index is 0.00168. The van der Waals surface area contributed by atoms with Gasteiger partial charge >= 0.3 is 5.97 Å². The summed E-state index contributed by atoms with van der Waals surface area (Å²) in [6.45, 7) is 0.841. The van der Waals surface area contributed by atoms with Gasteiger partial charge in [-0.2, -0.15) is 0 Å². The summed E-state index contributed by atoms with van der Waals surface area (Å²) < 4.78 is 15.8. The van der Waals surface area contributed by atoms with Crippen molar-refractivity contribution in [2.45, 2.75) is 6.42 Å². The van der Waals surface area contributed by atoms with Gasteiger partial charge in [0.1, 0.15) is 5.75 Å². The van der Waals surface area contributed by atoms with Crippen molar-refractivity contribution in [1.82, 2.24) is 0 Å². The summed E-state index contributed by atoms with van der Waals surface area (Å²) in [4.78, 5) is 22.1. The third kappa shape index (κ3) is 5.41. The SMILES string of the molecule is COCCOCOc1c(C=O)cccc1-c1ccc(CC(=O)O)cc1. The van der Waals surface area contributed by atoms with Crippen LogP contribution in [0.1, 0.15) is 15.9 Å². The number of carboxylic acids is 1. The van der Waals surface area contributed by atoms with Crippen molar-refractivity contribution in [2.75, 3.05) is 27.1 Å². The van der Waals surface area contributed by atoms with E-state index in [9.17, 15) is 9.59 Å². The molecule has 0 aliphatic heterocycles. The number of carbonyl (C=O) groups excluding carboxylic acids is 1. The van der Waals surface area contributed by atoms with Crippen LogP contribution in [0.3, 0.4) is 0 Å². The molecule has 0 fully saturated rings. The monoisotopic (exact) mass is 344 g/mol. The largest absolute Gasteiger partial charge is 0.481 e. The highest BCUT2D eigenvalue weighted by Crippen LogP contribution is 2.33. The molecule has 1 N–H and O–H groups in total. The molecule has 0 unspecified atom stereocenters. The number of hydrogen-bond donors (Lipinski definition) is 1. The first-order valence-corrected chi connectivity index (χ1v) is 7.74. The van der Waals surface area contributed by atoms with Gasteiger partial charge in [-0.3, -0.25) is 9.59 Å². The van der Waals surface area contributed by atoms with Crippen LogP contribution in [0.5, 0.6) is 5.75 Å². The first-order valence-electron chi connectivity index (χ1n) is 7.74. The first kappa shape index (κ1) is 18.6. The Kier molecular flexibility index (Phi) is 7.13. The molecule has 0 aromatic heterocycles. The summed E-state index contributed by atoms with van der Waals surface area (Å²) in [6, 6.07) is 12.4. The summed E-state index contributed by atoms with van der Waals surface area (Å²) in [5.74, 6) is -0.450. The first-order chi connectivity index (χ1) is 12.2. The molecule has 0 radical (unpaired) electrons. The number of aldehydes is 1.